The highest BCUT2D eigenvalue weighted by Crippen LogP contribution is 2.10. The number of aryl methyl sites for hydroxylation is 1. The number of carbonyl (C=O) groups is 1. The molecular weight excluding hydrogens is 178 g/mol. The van der Waals surface area contributed by atoms with E-state index in [-0.39, 0.29) is 11.3 Å². The summed E-state index contributed by atoms with van der Waals surface area (Å²) in [5.41, 5.74) is 5.50. The van der Waals surface area contributed by atoms with E-state index in [0.717, 1.165) is 0 Å². The van der Waals surface area contributed by atoms with Crippen LogP contribution in [0, 0.1) is 0 Å². The van der Waals surface area contributed by atoms with Crippen LogP contribution in [0.3, 0.4) is 0 Å². The lowest BCUT2D eigenvalue weighted by atomic mass is 9.98. The minimum Gasteiger partial charge on any atom is -0.332 e. The van der Waals surface area contributed by atoms with Gasteiger partial charge in [-0.25, -0.2) is 4.98 Å². The van der Waals surface area contributed by atoms with Gasteiger partial charge < -0.3 is 10.3 Å². The molecule has 14 heavy (non-hydrogen) atoms. The molecule has 4 heteroatoms. The third kappa shape index (κ3) is 2.96. The van der Waals surface area contributed by atoms with E-state index >= 15 is 0 Å². The fourth-order valence-electron chi connectivity index (χ4n) is 1.18. The van der Waals surface area contributed by atoms with Gasteiger partial charge in [-0.1, -0.05) is 0 Å². The Morgan fingerprint density at radius 1 is 1.64 bits per heavy atom. The second kappa shape index (κ2) is 3.92. The Labute approximate surface area is 84.1 Å². The van der Waals surface area contributed by atoms with Gasteiger partial charge in [-0.15, -0.1) is 0 Å². The molecule has 1 heterocycles. The minimum atomic E-state index is -0.291. The Bertz CT molecular complexity index is 322. The second-order valence-electron chi connectivity index (χ2n) is 4.27. The van der Waals surface area contributed by atoms with Gasteiger partial charge in [0.25, 0.3) is 0 Å². The summed E-state index contributed by atoms with van der Waals surface area (Å²) in [6.45, 7) is 3.83. The van der Waals surface area contributed by atoms with Gasteiger partial charge in [-0.3, -0.25) is 4.79 Å². The normalized spacial score (nSPS) is 11.7. The van der Waals surface area contributed by atoms with E-state index < -0.39 is 0 Å². The first kappa shape index (κ1) is 10.9. The molecule has 0 bridgehead atoms. The van der Waals surface area contributed by atoms with Gasteiger partial charge in [-0.2, -0.15) is 0 Å². The second-order valence-corrected chi connectivity index (χ2v) is 4.27. The molecule has 0 radical (unpaired) electrons. The van der Waals surface area contributed by atoms with Crippen molar-refractivity contribution in [1.82, 2.24) is 9.55 Å². The van der Waals surface area contributed by atoms with Gasteiger partial charge in [0, 0.05) is 31.4 Å². The molecule has 78 valence electrons. The molecule has 0 aliphatic rings. The number of imidazole rings is 1. The summed E-state index contributed by atoms with van der Waals surface area (Å²) in [6.07, 6.45) is 4.52. The van der Waals surface area contributed by atoms with E-state index in [4.69, 9.17) is 5.73 Å². The number of hydrogen-bond donors (Lipinski definition) is 1. The molecule has 1 rings (SSSR count). The zero-order valence-electron chi connectivity index (χ0n) is 8.95. The van der Waals surface area contributed by atoms with Gasteiger partial charge in [0.1, 0.15) is 0 Å². The number of nitrogens with two attached hydrogens (primary N) is 1. The first-order valence-electron chi connectivity index (χ1n) is 4.69. The van der Waals surface area contributed by atoms with Crippen LogP contribution in [0.2, 0.25) is 0 Å². The van der Waals surface area contributed by atoms with Gasteiger partial charge in [-0.05, 0) is 20.3 Å². The Balaban J connectivity index is 2.56. The average Bonchev–Trinajstić information content (AvgIpc) is 2.46. The van der Waals surface area contributed by atoms with E-state index in [1.54, 1.807) is 17.0 Å². The van der Waals surface area contributed by atoms with Crippen molar-refractivity contribution >= 4 is 5.78 Å². The van der Waals surface area contributed by atoms with Gasteiger partial charge in [0.15, 0.2) is 11.6 Å². The largest absolute Gasteiger partial charge is 0.332 e. The molecule has 0 aromatic carbocycles. The Kier molecular flexibility index (Phi) is 3.06. The molecule has 0 spiro atoms. The highest BCUT2D eigenvalue weighted by atomic mass is 16.1. The van der Waals surface area contributed by atoms with Crippen molar-refractivity contribution in [3.05, 3.63) is 18.2 Å². The van der Waals surface area contributed by atoms with Crippen LogP contribution in [-0.2, 0) is 7.05 Å². The molecule has 0 amide bonds. The lowest BCUT2D eigenvalue weighted by molar-refractivity contribution is 0.0959. The van der Waals surface area contributed by atoms with Crippen LogP contribution in [0.4, 0.5) is 0 Å². The van der Waals surface area contributed by atoms with Crippen molar-refractivity contribution in [3.63, 3.8) is 0 Å². The van der Waals surface area contributed by atoms with Crippen LogP contribution in [0.5, 0.6) is 0 Å². The van der Waals surface area contributed by atoms with E-state index in [9.17, 15) is 4.79 Å². The van der Waals surface area contributed by atoms with E-state index in [2.05, 4.69) is 4.98 Å². The molecule has 0 fully saturated rings. The molecule has 0 unspecified atom stereocenters. The summed E-state index contributed by atoms with van der Waals surface area (Å²) in [4.78, 5) is 15.6. The number of nitrogens with zero attached hydrogens (tertiary/aromatic N) is 2. The molecule has 2 N–H and O–H groups in total. The first-order valence-corrected chi connectivity index (χ1v) is 4.69. The number of Topliss-reactive ketones (excluding diaryl/α,β-unsaturated/α-hetero) is 1. The molecule has 1 aromatic heterocycles. The Hall–Kier alpha value is -1.16. The number of aromatic nitrogens is 2. The standard InChI is InChI=1S/C10H17N3O/c1-10(2,11)5-4-8(14)9-12-6-7-13(9)3/h6-7H,4-5,11H2,1-3H3. The first-order chi connectivity index (χ1) is 6.40. The van der Waals surface area contributed by atoms with Crippen LogP contribution in [-0.4, -0.2) is 20.9 Å². The summed E-state index contributed by atoms with van der Waals surface area (Å²) in [7, 11) is 1.81. The van der Waals surface area contributed by atoms with Crippen molar-refractivity contribution in [2.24, 2.45) is 12.8 Å². The van der Waals surface area contributed by atoms with E-state index in [1.807, 2.05) is 20.9 Å². The molecule has 0 aliphatic carbocycles. The fraction of sp³-hybridized carbons (Fsp3) is 0.600. The van der Waals surface area contributed by atoms with Crippen LogP contribution >= 0.6 is 0 Å². The van der Waals surface area contributed by atoms with E-state index in [0.29, 0.717) is 18.7 Å². The number of ketones is 1. The highest BCUT2D eigenvalue weighted by Gasteiger charge is 2.16. The maximum atomic E-state index is 11.6. The Morgan fingerprint density at radius 2 is 2.29 bits per heavy atom. The van der Waals surface area contributed by atoms with Crippen LogP contribution < -0.4 is 5.73 Å². The van der Waals surface area contributed by atoms with Crippen molar-refractivity contribution < 1.29 is 4.79 Å². The van der Waals surface area contributed by atoms with Crippen molar-refractivity contribution in [2.75, 3.05) is 0 Å². The summed E-state index contributed by atoms with van der Waals surface area (Å²) in [5, 5.41) is 0. The van der Waals surface area contributed by atoms with Crippen molar-refractivity contribution in [2.45, 2.75) is 32.2 Å². The molecular formula is C10H17N3O. The van der Waals surface area contributed by atoms with Gasteiger partial charge in [0.2, 0.25) is 0 Å². The maximum absolute atomic E-state index is 11.6. The fourth-order valence-corrected chi connectivity index (χ4v) is 1.18. The van der Waals surface area contributed by atoms with E-state index in [1.165, 1.54) is 0 Å². The quantitative estimate of drug-likeness (QED) is 0.732. The number of carbonyl (C=O) groups excluding carboxylic acids is 1. The monoisotopic (exact) mass is 195 g/mol. The molecule has 0 atom stereocenters. The smallest absolute Gasteiger partial charge is 0.198 e. The van der Waals surface area contributed by atoms with Crippen LogP contribution in [0.15, 0.2) is 12.4 Å². The van der Waals surface area contributed by atoms with Gasteiger partial charge in [0.05, 0.1) is 0 Å². The molecule has 0 saturated carbocycles. The molecule has 4 nitrogen and oxygen atoms in total. The molecule has 1 aromatic rings. The number of rotatable bonds is 4. The summed E-state index contributed by atoms with van der Waals surface area (Å²) < 4.78 is 1.73. The van der Waals surface area contributed by atoms with Crippen molar-refractivity contribution in [3.8, 4) is 0 Å². The lowest BCUT2D eigenvalue weighted by Gasteiger charge is -2.17. The molecule has 0 saturated heterocycles. The lowest BCUT2D eigenvalue weighted by Crippen LogP contribution is -2.32. The van der Waals surface area contributed by atoms with Crippen molar-refractivity contribution in [1.29, 1.82) is 0 Å². The zero-order chi connectivity index (χ0) is 10.8. The topological polar surface area (TPSA) is 60.9 Å². The predicted molar refractivity (Wildman–Crippen MR) is 55.0 cm³/mol. The summed E-state index contributed by atoms with van der Waals surface area (Å²) in [5.74, 6) is 0.560. The predicted octanol–water partition coefficient (Wildman–Crippen LogP) is 1.12. The molecule has 0 aliphatic heterocycles. The summed E-state index contributed by atoms with van der Waals surface area (Å²) >= 11 is 0. The minimum absolute atomic E-state index is 0.0519. The number of hydrogen-bond acceptors (Lipinski definition) is 3. The maximum Gasteiger partial charge on any atom is 0.198 e. The van der Waals surface area contributed by atoms with Crippen LogP contribution in [0.1, 0.15) is 37.3 Å². The Morgan fingerprint density at radius 3 is 2.71 bits per heavy atom. The SMILES string of the molecule is Cn1ccnc1C(=O)CCC(C)(C)N. The van der Waals surface area contributed by atoms with Crippen LogP contribution in [0.25, 0.3) is 0 Å². The third-order valence-electron chi connectivity index (χ3n) is 2.07. The summed E-state index contributed by atoms with van der Waals surface area (Å²) in [6, 6.07) is 0. The zero-order valence-corrected chi connectivity index (χ0v) is 8.95. The average molecular weight is 195 g/mol. The van der Waals surface area contributed by atoms with Gasteiger partial charge >= 0.3 is 0 Å². The highest BCUT2D eigenvalue weighted by molar-refractivity contribution is 5.92. The third-order valence-corrected chi connectivity index (χ3v) is 2.07.